The fraction of sp³-hybridized carbons (Fsp3) is 0.432. The number of carboxylic acid groups (broad SMARTS) is 1. The number of fused-ring (bicyclic) bond motifs is 2. The van der Waals surface area contributed by atoms with E-state index in [1.54, 1.807) is 4.90 Å². The van der Waals surface area contributed by atoms with Crippen LogP contribution in [0.3, 0.4) is 0 Å². The lowest BCUT2D eigenvalue weighted by Gasteiger charge is -2.46. The molecule has 0 aliphatic carbocycles. The summed E-state index contributed by atoms with van der Waals surface area (Å²) in [6.45, 7) is 10.8. The summed E-state index contributed by atoms with van der Waals surface area (Å²) < 4.78 is 13.8. The molecule has 11 nitrogen and oxygen atoms in total. The number of thiazole rings is 1. The predicted octanol–water partition coefficient (Wildman–Crippen LogP) is 7.44. The standard InChI is InChI=1S/C37H41ClN6O5S/c1-20-15-27-32(29(21-7-9-24(38)10-8-21)28(20)31(35(45)46)49-37(2,3)4)50-34(40-27)23-16-26-30(41-42(5)33(26)39-17-23)22-11-13-43(14-12-22)25-18-44(19-25)36(47)48-6/h7-10,15-17,22,25,31H,11-14,18-19H2,1-6H3,(H,45,46)/t31-/m0/s1. The molecule has 1 N–H and O–H groups in total. The summed E-state index contributed by atoms with van der Waals surface area (Å²) in [6.07, 6.45) is 2.34. The van der Waals surface area contributed by atoms with Gasteiger partial charge in [-0.05, 0) is 89.0 Å². The number of nitrogens with zero attached hydrogens (tertiary/aromatic N) is 6. The normalized spacial score (nSPS) is 17.0. The van der Waals surface area contributed by atoms with E-state index >= 15 is 0 Å². The van der Waals surface area contributed by atoms with Crippen LogP contribution in [0.4, 0.5) is 4.79 Å². The van der Waals surface area contributed by atoms with E-state index in [-0.39, 0.29) is 12.0 Å². The van der Waals surface area contributed by atoms with Crippen LogP contribution in [0.5, 0.6) is 0 Å². The Labute approximate surface area is 299 Å². The highest BCUT2D eigenvalue weighted by molar-refractivity contribution is 7.22. The molecule has 50 heavy (non-hydrogen) atoms. The molecule has 7 rings (SSSR count). The third-order valence-corrected chi connectivity index (χ3v) is 11.1. The topological polar surface area (TPSA) is 123 Å². The molecule has 0 radical (unpaired) electrons. The van der Waals surface area contributed by atoms with Crippen molar-refractivity contribution in [3.05, 3.63) is 64.4 Å². The second-order valence-electron chi connectivity index (χ2n) is 14.2. The minimum Gasteiger partial charge on any atom is -0.479 e. The zero-order chi connectivity index (χ0) is 35.5. The second-order valence-corrected chi connectivity index (χ2v) is 15.7. The average Bonchev–Trinajstić information content (AvgIpc) is 3.63. The molecule has 0 spiro atoms. The van der Waals surface area contributed by atoms with Gasteiger partial charge < -0.3 is 19.5 Å². The van der Waals surface area contributed by atoms with E-state index in [2.05, 4.69) is 11.0 Å². The number of pyridine rings is 1. The number of hydrogen-bond acceptors (Lipinski definition) is 9. The van der Waals surface area contributed by atoms with Crippen LogP contribution in [0.2, 0.25) is 5.02 Å². The first-order valence-corrected chi connectivity index (χ1v) is 18.0. The summed E-state index contributed by atoms with van der Waals surface area (Å²) in [5.74, 6) is -0.764. The van der Waals surface area contributed by atoms with Crippen molar-refractivity contribution in [3.63, 3.8) is 0 Å². The van der Waals surface area contributed by atoms with Crippen LogP contribution in [0.1, 0.15) is 62.5 Å². The van der Waals surface area contributed by atoms with E-state index < -0.39 is 17.7 Å². The van der Waals surface area contributed by atoms with Crippen LogP contribution in [0.25, 0.3) is 42.9 Å². The zero-order valence-corrected chi connectivity index (χ0v) is 30.6. The largest absolute Gasteiger partial charge is 0.479 e. The molecule has 1 atom stereocenters. The number of amides is 1. The van der Waals surface area contributed by atoms with Gasteiger partial charge in [0.2, 0.25) is 0 Å². The number of methoxy groups -OCH3 is 1. The number of hydrogen-bond donors (Lipinski definition) is 1. The SMILES string of the molecule is COC(=O)N1CC(N2CCC(c3nn(C)c4ncc(-c5nc6cc(C)c([C@H](OC(C)(C)C)C(=O)O)c(-c7ccc(Cl)cc7)c6s5)cc34)CC2)C1. The number of halogens is 1. The van der Waals surface area contributed by atoms with Gasteiger partial charge in [0, 0.05) is 65.4 Å². The van der Waals surface area contributed by atoms with Crippen molar-refractivity contribution in [1.82, 2.24) is 29.5 Å². The first kappa shape index (κ1) is 34.4. The van der Waals surface area contributed by atoms with E-state index in [1.165, 1.54) is 18.4 Å². The minimum absolute atomic E-state index is 0.261. The minimum atomic E-state index is -1.19. The Kier molecular flexibility index (Phi) is 9.08. The van der Waals surface area contributed by atoms with Gasteiger partial charge in [-0.1, -0.05) is 23.7 Å². The summed E-state index contributed by atoms with van der Waals surface area (Å²) in [4.78, 5) is 38.7. The number of aliphatic carboxylic acids is 1. The van der Waals surface area contributed by atoms with Crippen molar-refractivity contribution in [2.75, 3.05) is 33.3 Å². The van der Waals surface area contributed by atoms with Crippen molar-refractivity contribution >= 4 is 56.3 Å². The second kappa shape index (κ2) is 13.2. The van der Waals surface area contributed by atoms with Gasteiger partial charge in [-0.3, -0.25) is 9.58 Å². The monoisotopic (exact) mass is 716 g/mol. The van der Waals surface area contributed by atoms with Crippen molar-refractivity contribution in [2.24, 2.45) is 7.05 Å². The van der Waals surface area contributed by atoms with E-state index in [0.29, 0.717) is 29.7 Å². The lowest BCUT2D eigenvalue weighted by Crippen LogP contribution is -2.62. The van der Waals surface area contributed by atoms with Gasteiger partial charge in [0.15, 0.2) is 11.8 Å². The first-order valence-electron chi connectivity index (χ1n) is 16.8. The smallest absolute Gasteiger partial charge is 0.409 e. The Morgan fingerprint density at radius 2 is 1.78 bits per heavy atom. The Balaban J connectivity index is 1.25. The quantitative estimate of drug-likeness (QED) is 0.183. The van der Waals surface area contributed by atoms with Crippen molar-refractivity contribution < 1.29 is 24.2 Å². The Hall–Kier alpha value is -4.10. The third kappa shape index (κ3) is 6.45. The first-order chi connectivity index (χ1) is 23.8. The maximum atomic E-state index is 12.7. The summed E-state index contributed by atoms with van der Waals surface area (Å²) >= 11 is 7.80. The van der Waals surface area contributed by atoms with E-state index in [1.807, 2.05) is 76.0 Å². The molecule has 2 fully saturated rings. The summed E-state index contributed by atoms with van der Waals surface area (Å²) in [5, 5.41) is 17.8. The molecule has 2 saturated heterocycles. The molecule has 0 bridgehead atoms. The lowest BCUT2D eigenvalue weighted by atomic mass is 9.90. The zero-order valence-electron chi connectivity index (χ0n) is 29.1. The Bertz CT molecular complexity index is 2090. The van der Waals surface area contributed by atoms with Crippen LogP contribution in [-0.4, -0.2) is 91.6 Å². The third-order valence-electron chi connectivity index (χ3n) is 9.70. The maximum Gasteiger partial charge on any atom is 0.409 e. The molecule has 13 heteroatoms. The van der Waals surface area contributed by atoms with E-state index in [0.717, 1.165) is 80.1 Å². The van der Waals surface area contributed by atoms with Gasteiger partial charge in [-0.2, -0.15) is 5.10 Å². The summed E-state index contributed by atoms with van der Waals surface area (Å²) in [6, 6.07) is 11.9. The number of carboxylic acids is 1. The van der Waals surface area contributed by atoms with Gasteiger partial charge in [0.05, 0.1) is 28.6 Å². The number of benzene rings is 2. The molecule has 5 heterocycles. The maximum absolute atomic E-state index is 12.7. The Morgan fingerprint density at radius 3 is 2.42 bits per heavy atom. The van der Waals surface area contributed by atoms with Crippen molar-refractivity contribution in [2.45, 2.75) is 64.2 Å². The molecule has 3 aromatic heterocycles. The highest BCUT2D eigenvalue weighted by atomic mass is 35.5. The van der Waals surface area contributed by atoms with Crippen LogP contribution in [0, 0.1) is 6.92 Å². The predicted molar refractivity (Wildman–Crippen MR) is 195 cm³/mol. The summed E-state index contributed by atoms with van der Waals surface area (Å²) in [7, 11) is 3.36. The number of carbonyl (C=O) groups is 2. The number of carbonyl (C=O) groups excluding carboxylic acids is 1. The van der Waals surface area contributed by atoms with Crippen LogP contribution >= 0.6 is 22.9 Å². The average molecular weight is 717 g/mol. The molecular formula is C37H41ClN6O5S. The molecule has 1 amide bonds. The van der Waals surface area contributed by atoms with Gasteiger partial charge in [0.1, 0.15) is 5.01 Å². The van der Waals surface area contributed by atoms with E-state index in [9.17, 15) is 14.7 Å². The molecule has 2 aliphatic heterocycles. The van der Waals surface area contributed by atoms with Crippen LogP contribution in [0.15, 0.2) is 42.6 Å². The van der Waals surface area contributed by atoms with Gasteiger partial charge >= 0.3 is 12.1 Å². The number of ether oxygens (including phenoxy) is 2. The number of likely N-dealkylation sites (tertiary alicyclic amines) is 2. The Morgan fingerprint density at radius 1 is 1.08 bits per heavy atom. The molecule has 2 aliphatic rings. The summed E-state index contributed by atoms with van der Waals surface area (Å²) in [5.41, 5.74) is 5.84. The molecule has 0 unspecified atom stereocenters. The molecule has 5 aromatic rings. The van der Waals surface area contributed by atoms with Gasteiger partial charge in [0.25, 0.3) is 0 Å². The molecule has 0 saturated carbocycles. The number of rotatable bonds is 7. The van der Waals surface area contributed by atoms with E-state index in [4.69, 9.17) is 36.1 Å². The van der Waals surface area contributed by atoms with Crippen molar-refractivity contribution in [3.8, 4) is 21.7 Å². The number of aryl methyl sites for hydroxylation is 2. The highest BCUT2D eigenvalue weighted by Gasteiger charge is 2.38. The fourth-order valence-electron chi connectivity index (χ4n) is 7.25. The van der Waals surface area contributed by atoms with Gasteiger partial charge in [-0.15, -0.1) is 11.3 Å². The fourth-order valence-corrected chi connectivity index (χ4v) is 8.48. The number of piperidine rings is 1. The lowest BCUT2D eigenvalue weighted by molar-refractivity contribution is -0.160. The van der Waals surface area contributed by atoms with Crippen LogP contribution in [-0.2, 0) is 21.3 Å². The van der Waals surface area contributed by atoms with Crippen LogP contribution < -0.4 is 0 Å². The molecular weight excluding hydrogens is 676 g/mol. The number of aromatic nitrogens is 4. The molecule has 262 valence electrons. The van der Waals surface area contributed by atoms with Gasteiger partial charge in [-0.25, -0.2) is 19.6 Å². The van der Waals surface area contributed by atoms with Crippen molar-refractivity contribution in [1.29, 1.82) is 0 Å². The molecule has 2 aromatic carbocycles. The highest BCUT2D eigenvalue weighted by Crippen LogP contribution is 2.45.